The fourth-order valence-electron chi connectivity index (χ4n) is 1.51. The number of nitrogens with two attached hydrogens (primary N) is 1. The average Bonchev–Trinajstić information content (AvgIpc) is 2.40. The highest BCUT2D eigenvalue weighted by atomic mass is 16.5. The lowest BCUT2D eigenvalue weighted by Crippen LogP contribution is -2.31. The van der Waals surface area contributed by atoms with Crippen molar-refractivity contribution >= 4 is 5.91 Å². The number of nitrogens with one attached hydrogen (secondary N) is 1. The number of carbonyl (C=O) groups excluding carboxylic acids is 1. The van der Waals surface area contributed by atoms with E-state index in [2.05, 4.69) is 12.2 Å². The van der Waals surface area contributed by atoms with Crippen LogP contribution in [-0.4, -0.2) is 25.6 Å². The van der Waals surface area contributed by atoms with Crippen LogP contribution in [0.1, 0.15) is 25.3 Å². The number of amides is 1. The molecule has 100 valence electrons. The van der Waals surface area contributed by atoms with Crippen LogP contribution >= 0.6 is 0 Å². The molecule has 1 rings (SSSR count). The van der Waals surface area contributed by atoms with Crippen molar-refractivity contribution in [1.82, 2.24) is 5.32 Å². The minimum atomic E-state index is -0.116. The number of ether oxygens (including phenoxy) is 1. The fourth-order valence-corrected chi connectivity index (χ4v) is 1.51. The second-order valence-electron chi connectivity index (χ2n) is 4.15. The summed E-state index contributed by atoms with van der Waals surface area (Å²) >= 11 is 0. The van der Waals surface area contributed by atoms with E-state index in [0.717, 1.165) is 31.6 Å². The van der Waals surface area contributed by atoms with Gasteiger partial charge in [0.25, 0.3) is 0 Å². The van der Waals surface area contributed by atoms with Crippen molar-refractivity contribution in [2.45, 2.75) is 26.2 Å². The van der Waals surface area contributed by atoms with E-state index >= 15 is 0 Å². The SMILES string of the molecule is CCCCOc1ccc(CCNC(=O)CN)cc1. The molecular weight excluding hydrogens is 228 g/mol. The normalized spacial score (nSPS) is 10.1. The molecule has 0 aliphatic heterocycles. The van der Waals surface area contributed by atoms with E-state index in [1.54, 1.807) is 0 Å². The number of hydrogen-bond acceptors (Lipinski definition) is 3. The van der Waals surface area contributed by atoms with Gasteiger partial charge in [-0.25, -0.2) is 0 Å². The fraction of sp³-hybridized carbons (Fsp3) is 0.500. The van der Waals surface area contributed by atoms with Crippen LogP contribution in [0.25, 0.3) is 0 Å². The van der Waals surface area contributed by atoms with Gasteiger partial charge in [-0.2, -0.15) is 0 Å². The Kier molecular flexibility index (Phi) is 6.87. The van der Waals surface area contributed by atoms with Crippen molar-refractivity contribution in [1.29, 1.82) is 0 Å². The topological polar surface area (TPSA) is 64.3 Å². The Labute approximate surface area is 109 Å². The minimum absolute atomic E-state index is 0.0458. The Hall–Kier alpha value is -1.55. The quantitative estimate of drug-likeness (QED) is 0.687. The second kappa shape index (κ2) is 8.53. The van der Waals surface area contributed by atoms with E-state index in [0.29, 0.717) is 6.54 Å². The van der Waals surface area contributed by atoms with E-state index in [9.17, 15) is 4.79 Å². The van der Waals surface area contributed by atoms with Crippen LogP contribution < -0.4 is 15.8 Å². The van der Waals surface area contributed by atoms with Gasteiger partial charge in [0.2, 0.25) is 5.91 Å². The van der Waals surface area contributed by atoms with Crippen LogP contribution in [0, 0.1) is 0 Å². The van der Waals surface area contributed by atoms with Gasteiger partial charge < -0.3 is 15.8 Å². The molecule has 0 aliphatic carbocycles. The van der Waals surface area contributed by atoms with Gasteiger partial charge in [0.05, 0.1) is 13.2 Å². The Morgan fingerprint density at radius 1 is 1.33 bits per heavy atom. The van der Waals surface area contributed by atoms with Gasteiger partial charge in [-0.1, -0.05) is 25.5 Å². The van der Waals surface area contributed by atoms with Crippen molar-refractivity contribution in [3.63, 3.8) is 0 Å². The van der Waals surface area contributed by atoms with Crippen LogP contribution in [-0.2, 0) is 11.2 Å². The largest absolute Gasteiger partial charge is 0.494 e. The molecule has 0 fully saturated rings. The van der Waals surface area contributed by atoms with Crippen LogP contribution in [0.3, 0.4) is 0 Å². The van der Waals surface area contributed by atoms with Crippen LogP contribution in [0.4, 0.5) is 0 Å². The molecule has 0 bridgehead atoms. The summed E-state index contributed by atoms with van der Waals surface area (Å²) in [6.07, 6.45) is 3.02. The summed E-state index contributed by atoms with van der Waals surface area (Å²) in [6.45, 7) is 3.57. The predicted octanol–water partition coefficient (Wildman–Crippen LogP) is 1.48. The van der Waals surface area contributed by atoms with Gasteiger partial charge in [-0.05, 0) is 30.5 Å². The third-order valence-electron chi connectivity index (χ3n) is 2.61. The van der Waals surface area contributed by atoms with Crippen molar-refractivity contribution in [2.75, 3.05) is 19.7 Å². The van der Waals surface area contributed by atoms with E-state index in [1.807, 2.05) is 24.3 Å². The average molecular weight is 250 g/mol. The number of benzene rings is 1. The van der Waals surface area contributed by atoms with Gasteiger partial charge >= 0.3 is 0 Å². The highest BCUT2D eigenvalue weighted by Gasteiger charge is 1.98. The summed E-state index contributed by atoms with van der Waals surface area (Å²) in [7, 11) is 0. The van der Waals surface area contributed by atoms with E-state index in [4.69, 9.17) is 10.5 Å². The summed E-state index contributed by atoms with van der Waals surface area (Å²) < 4.78 is 5.58. The molecular formula is C14H22N2O2. The molecule has 4 nitrogen and oxygen atoms in total. The zero-order valence-corrected chi connectivity index (χ0v) is 10.9. The zero-order chi connectivity index (χ0) is 13.2. The summed E-state index contributed by atoms with van der Waals surface area (Å²) in [5.41, 5.74) is 6.38. The Balaban J connectivity index is 2.29. The standard InChI is InChI=1S/C14H22N2O2/c1-2-3-10-18-13-6-4-12(5-7-13)8-9-16-14(17)11-15/h4-7H,2-3,8-11,15H2,1H3,(H,16,17). The molecule has 0 spiro atoms. The van der Waals surface area contributed by atoms with Gasteiger partial charge in [0.15, 0.2) is 0 Å². The van der Waals surface area contributed by atoms with Gasteiger partial charge in [0.1, 0.15) is 5.75 Å². The zero-order valence-electron chi connectivity index (χ0n) is 10.9. The third kappa shape index (κ3) is 5.68. The van der Waals surface area contributed by atoms with E-state index < -0.39 is 0 Å². The Morgan fingerprint density at radius 3 is 2.67 bits per heavy atom. The molecule has 0 saturated heterocycles. The molecule has 0 atom stereocenters. The molecule has 3 N–H and O–H groups in total. The number of hydrogen-bond donors (Lipinski definition) is 2. The molecule has 1 amide bonds. The third-order valence-corrected chi connectivity index (χ3v) is 2.61. The van der Waals surface area contributed by atoms with Crippen molar-refractivity contribution in [3.8, 4) is 5.75 Å². The van der Waals surface area contributed by atoms with Crippen LogP contribution in [0.5, 0.6) is 5.75 Å². The summed E-state index contributed by atoms with van der Waals surface area (Å²) in [4.78, 5) is 10.9. The lowest BCUT2D eigenvalue weighted by atomic mass is 10.1. The lowest BCUT2D eigenvalue weighted by molar-refractivity contribution is -0.119. The molecule has 0 radical (unpaired) electrons. The molecule has 0 heterocycles. The van der Waals surface area contributed by atoms with Gasteiger partial charge in [-0.3, -0.25) is 4.79 Å². The highest BCUT2D eigenvalue weighted by Crippen LogP contribution is 2.12. The first kappa shape index (κ1) is 14.5. The number of carbonyl (C=O) groups is 1. The molecule has 0 saturated carbocycles. The second-order valence-corrected chi connectivity index (χ2v) is 4.15. The molecule has 18 heavy (non-hydrogen) atoms. The predicted molar refractivity (Wildman–Crippen MR) is 72.6 cm³/mol. The molecule has 1 aromatic carbocycles. The van der Waals surface area contributed by atoms with Crippen molar-refractivity contribution < 1.29 is 9.53 Å². The Morgan fingerprint density at radius 2 is 2.06 bits per heavy atom. The first-order chi connectivity index (χ1) is 8.76. The minimum Gasteiger partial charge on any atom is -0.494 e. The lowest BCUT2D eigenvalue weighted by Gasteiger charge is -2.07. The first-order valence-corrected chi connectivity index (χ1v) is 6.44. The van der Waals surface area contributed by atoms with E-state index in [1.165, 1.54) is 5.56 Å². The maximum atomic E-state index is 10.9. The summed E-state index contributed by atoms with van der Waals surface area (Å²) in [6, 6.07) is 7.98. The maximum absolute atomic E-state index is 10.9. The first-order valence-electron chi connectivity index (χ1n) is 6.44. The Bertz CT molecular complexity index is 349. The molecule has 4 heteroatoms. The van der Waals surface area contributed by atoms with Gasteiger partial charge in [-0.15, -0.1) is 0 Å². The van der Waals surface area contributed by atoms with Gasteiger partial charge in [0, 0.05) is 6.54 Å². The number of rotatable bonds is 8. The molecule has 1 aromatic rings. The van der Waals surface area contributed by atoms with Crippen molar-refractivity contribution in [3.05, 3.63) is 29.8 Å². The monoisotopic (exact) mass is 250 g/mol. The summed E-state index contributed by atoms with van der Waals surface area (Å²) in [5.74, 6) is 0.785. The van der Waals surface area contributed by atoms with Crippen molar-refractivity contribution in [2.24, 2.45) is 5.73 Å². The maximum Gasteiger partial charge on any atom is 0.233 e. The van der Waals surface area contributed by atoms with Crippen LogP contribution in [0.2, 0.25) is 0 Å². The van der Waals surface area contributed by atoms with Crippen LogP contribution in [0.15, 0.2) is 24.3 Å². The molecule has 0 aliphatic rings. The smallest absolute Gasteiger partial charge is 0.233 e. The number of unbranched alkanes of at least 4 members (excludes halogenated alkanes) is 1. The highest BCUT2D eigenvalue weighted by molar-refractivity contribution is 5.77. The van der Waals surface area contributed by atoms with E-state index in [-0.39, 0.29) is 12.5 Å². The summed E-state index contributed by atoms with van der Waals surface area (Å²) in [5, 5.41) is 2.74. The molecule has 0 unspecified atom stereocenters. The molecule has 0 aromatic heterocycles.